The number of hydrogen-bond acceptors (Lipinski definition) is 6. The fourth-order valence-electron chi connectivity index (χ4n) is 1.50. The molecule has 0 radical (unpaired) electrons. The molecule has 0 saturated heterocycles. The van der Waals surface area contributed by atoms with E-state index in [1.54, 1.807) is 18.7 Å². The first-order valence-electron chi connectivity index (χ1n) is 4.91. The lowest BCUT2D eigenvalue weighted by molar-refractivity contribution is 0.568. The minimum atomic E-state index is 0.440. The predicted octanol–water partition coefficient (Wildman–Crippen LogP) is 2.44. The van der Waals surface area contributed by atoms with Gasteiger partial charge in [-0.1, -0.05) is 0 Å². The summed E-state index contributed by atoms with van der Waals surface area (Å²) in [5.41, 5.74) is 8.26. The Morgan fingerprint density at radius 3 is 2.88 bits per heavy atom. The number of aromatic nitrogens is 3. The van der Waals surface area contributed by atoms with Crippen LogP contribution in [0.25, 0.3) is 22.6 Å². The van der Waals surface area contributed by atoms with Gasteiger partial charge >= 0.3 is 0 Å². The van der Waals surface area contributed by atoms with E-state index in [4.69, 9.17) is 10.2 Å². The van der Waals surface area contributed by atoms with E-state index in [1.165, 1.54) is 0 Å². The molecule has 17 heavy (non-hydrogen) atoms. The Labute approximate surface area is 101 Å². The van der Waals surface area contributed by atoms with Crippen LogP contribution in [0.2, 0.25) is 0 Å². The largest absolute Gasteiger partial charge is 0.472 e. The van der Waals surface area contributed by atoms with Crippen LogP contribution in [0.4, 0.5) is 5.13 Å². The van der Waals surface area contributed by atoms with Crippen LogP contribution in [0, 0.1) is 0 Å². The van der Waals surface area contributed by atoms with Crippen LogP contribution in [0.5, 0.6) is 0 Å². The predicted molar refractivity (Wildman–Crippen MR) is 65.3 cm³/mol. The molecule has 3 aromatic heterocycles. The molecule has 2 N–H and O–H groups in total. The first-order chi connectivity index (χ1) is 8.33. The Morgan fingerprint density at radius 1 is 1.24 bits per heavy atom. The van der Waals surface area contributed by atoms with E-state index in [1.807, 2.05) is 18.2 Å². The summed E-state index contributed by atoms with van der Waals surface area (Å²) in [6.45, 7) is 0. The molecule has 0 aliphatic heterocycles. The Morgan fingerprint density at radius 2 is 2.18 bits per heavy atom. The highest BCUT2D eigenvalue weighted by Crippen LogP contribution is 2.24. The first-order valence-corrected chi connectivity index (χ1v) is 5.68. The van der Waals surface area contributed by atoms with Crippen molar-refractivity contribution in [3.05, 3.63) is 36.9 Å². The highest BCUT2D eigenvalue weighted by molar-refractivity contribution is 7.09. The number of rotatable bonds is 2. The van der Waals surface area contributed by atoms with Gasteiger partial charge < -0.3 is 10.2 Å². The Hall–Kier alpha value is -2.21. The molecule has 3 aromatic rings. The maximum atomic E-state index is 5.55. The summed E-state index contributed by atoms with van der Waals surface area (Å²) in [6, 6.07) is 5.71. The van der Waals surface area contributed by atoms with Crippen molar-refractivity contribution in [2.24, 2.45) is 0 Å². The zero-order chi connectivity index (χ0) is 11.7. The molecule has 0 aromatic carbocycles. The summed E-state index contributed by atoms with van der Waals surface area (Å²) in [4.78, 5) is 8.33. The zero-order valence-electron chi connectivity index (χ0n) is 8.70. The molecule has 6 heteroatoms. The van der Waals surface area contributed by atoms with E-state index in [0.29, 0.717) is 16.6 Å². The van der Waals surface area contributed by atoms with Gasteiger partial charge in [0.05, 0.1) is 12.5 Å². The van der Waals surface area contributed by atoms with Gasteiger partial charge in [-0.25, -0.2) is 0 Å². The normalized spacial score (nSPS) is 10.6. The van der Waals surface area contributed by atoms with Crippen LogP contribution in [0.1, 0.15) is 0 Å². The van der Waals surface area contributed by atoms with E-state index < -0.39 is 0 Å². The molecule has 84 valence electrons. The molecule has 3 rings (SSSR count). The van der Waals surface area contributed by atoms with Crippen molar-refractivity contribution >= 4 is 16.7 Å². The minimum absolute atomic E-state index is 0.440. The third kappa shape index (κ3) is 1.90. The van der Waals surface area contributed by atoms with E-state index in [0.717, 1.165) is 22.7 Å². The highest BCUT2D eigenvalue weighted by atomic mass is 32.1. The SMILES string of the molecule is Nc1nc(-c2cc(-c3ccoc3)ccn2)ns1. The van der Waals surface area contributed by atoms with Gasteiger partial charge in [-0.2, -0.15) is 9.36 Å². The molecular formula is C11H8N4OS. The number of hydrogen-bond donors (Lipinski definition) is 1. The van der Waals surface area contributed by atoms with Gasteiger partial charge in [0, 0.05) is 23.3 Å². The fourth-order valence-corrected chi connectivity index (χ4v) is 1.94. The van der Waals surface area contributed by atoms with Gasteiger partial charge in [0.2, 0.25) is 0 Å². The molecule has 0 aliphatic rings. The molecule has 0 bridgehead atoms. The van der Waals surface area contributed by atoms with Gasteiger partial charge in [0.15, 0.2) is 11.0 Å². The topological polar surface area (TPSA) is 77.8 Å². The smallest absolute Gasteiger partial charge is 0.200 e. The van der Waals surface area contributed by atoms with Gasteiger partial charge in [-0.3, -0.25) is 4.98 Å². The number of nitrogens with zero attached hydrogens (tertiary/aromatic N) is 3. The fraction of sp³-hybridized carbons (Fsp3) is 0. The maximum absolute atomic E-state index is 5.55. The molecule has 0 spiro atoms. The Kier molecular flexibility index (Phi) is 2.34. The number of pyridine rings is 1. The minimum Gasteiger partial charge on any atom is -0.472 e. The van der Waals surface area contributed by atoms with Crippen LogP contribution in [-0.2, 0) is 0 Å². The Balaban J connectivity index is 2.05. The molecule has 3 heterocycles. The van der Waals surface area contributed by atoms with Crippen molar-refractivity contribution in [2.75, 3.05) is 5.73 Å². The molecule has 0 fully saturated rings. The molecule has 0 unspecified atom stereocenters. The van der Waals surface area contributed by atoms with E-state index in [2.05, 4.69) is 14.3 Å². The lowest BCUT2D eigenvalue weighted by Gasteiger charge is -1.98. The van der Waals surface area contributed by atoms with E-state index >= 15 is 0 Å². The van der Waals surface area contributed by atoms with Crippen molar-refractivity contribution in [3.63, 3.8) is 0 Å². The van der Waals surface area contributed by atoms with Crippen molar-refractivity contribution in [1.29, 1.82) is 0 Å². The second kappa shape index (κ2) is 3.99. The number of nitrogen functional groups attached to an aromatic ring is 1. The summed E-state index contributed by atoms with van der Waals surface area (Å²) in [5.74, 6) is 0.554. The number of furan rings is 1. The zero-order valence-corrected chi connectivity index (χ0v) is 9.52. The van der Waals surface area contributed by atoms with Gasteiger partial charge in [0.1, 0.15) is 5.69 Å². The van der Waals surface area contributed by atoms with Gasteiger partial charge in [0.25, 0.3) is 0 Å². The van der Waals surface area contributed by atoms with Crippen molar-refractivity contribution in [3.8, 4) is 22.6 Å². The molecule has 5 nitrogen and oxygen atoms in total. The molecule has 0 amide bonds. The summed E-state index contributed by atoms with van der Waals surface area (Å²) in [6.07, 6.45) is 5.03. The van der Waals surface area contributed by atoms with Crippen LogP contribution < -0.4 is 5.73 Å². The molecule has 0 atom stereocenters. The van der Waals surface area contributed by atoms with Crippen molar-refractivity contribution in [2.45, 2.75) is 0 Å². The van der Waals surface area contributed by atoms with Crippen molar-refractivity contribution in [1.82, 2.24) is 14.3 Å². The third-order valence-electron chi connectivity index (χ3n) is 2.29. The van der Waals surface area contributed by atoms with Gasteiger partial charge in [-0.15, -0.1) is 0 Å². The second-order valence-electron chi connectivity index (χ2n) is 3.40. The van der Waals surface area contributed by atoms with E-state index in [-0.39, 0.29) is 0 Å². The van der Waals surface area contributed by atoms with Crippen LogP contribution >= 0.6 is 11.5 Å². The molecule has 0 saturated carbocycles. The van der Waals surface area contributed by atoms with Gasteiger partial charge in [-0.05, 0) is 23.8 Å². The van der Waals surface area contributed by atoms with Crippen LogP contribution in [0.3, 0.4) is 0 Å². The number of anilines is 1. The lowest BCUT2D eigenvalue weighted by Crippen LogP contribution is -1.87. The van der Waals surface area contributed by atoms with Crippen molar-refractivity contribution < 1.29 is 4.42 Å². The standard InChI is InChI=1S/C11H8N4OS/c12-11-14-10(15-17-11)9-5-7(1-3-13-9)8-2-4-16-6-8/h1-6H,(H2,12,14,15). The quantitative estimate of drug-likeness (QED) is 0.749. The average molecular weight is 244 g/mol. The van der Waals surface area contributed by atoms with Crippen LogP contribution in [-0.4, -0.2) is 14.3 Å². The molecular weight excluding hydrogens is 236 g/mol. The first kappa shape index (κ1) is 9.98. The van der Waals surface area contributed by atoms with Crippen LogP contribution in [0.15, 0.2) is 41.3 Å². The lowest BCUT2D eigenvalue weighted by atomic mass is 10.1. The molecule has 0 aliphatic carbocycles. The summed E-state index contributed by atoms with van der Waals surface area (Å²) < 4.78 is 9.18. The highest BCUT2D eigenvalue weighted by Gasteiger charge is 2.08. The summed E-state index contributed by atoms with van der Waals surface area (Å²) in [5, 5.41) is 0.440. The Bertz CT molecular complexity index is 632. The summed E-state index contributed by atoms with van der Waals surface area (Å²) in [7, 11) is 0. The number of nitrogens with two attached hydrogens (primary N) is 1. The monoisotopic (exact) mass is 244 g/mol. The average Bonchev–Trinajstić information content (AvgIpc) is 3.00. The third-order valence-corrected chi connectivity index (χ3v) is 2.83. The second-order valence-corrected chi connectivity index (χ2v) is 4.18. The van der Waals surface area contributed by atoms with E-state index in [9.17, 15) is 0 Å². The maximum Gasteiger partial charge on any atom is 0.200 e. The summed E-state index contributed by atoms with van der Waals surface area (Å²) >= 11 is 1.16.